The maximum atomic E-state index is 11.0. The first-order valence-corrected chi connectivity index (χ1v) is 8.87. The van der Waals surface area contributed by atoms with E-state index in [0.29, 0.717) is 0 Å². The van der Waals surface area contributed by atoms with Gasteiger partial charge in [-0.25, -0.2) is 0 Å². The number of nitro groups is 1. The van der Waals surface area contributed by atoms with Gasteiger partial charge in [0.25, 0.3) is 5.69 Å². The standard InChI is InChI=1S/C18H18N4O2S/c1-3-21-17(14-8-5-4-6-9-14)19-20-18(21)25-13(2)15-10-7-11-16(12-15)22(23)24/h4-13H,3H2,1-2H3. The van der Waals surface area contributed by atoms with Gasteiger partial charge in [0.1, 0.15) is 0 Å². The summed E-state index contributed by atoms with van der Waals surface area (Å²) < 4.78 is 2.06. The molecular formula is C18H18N4O2S. The predicted molar refractivity (Wildman–Crippen MR) is 98.5 cm³/mol. The van der Waals surface area contributed by atoms with Gasteiger partial charge >= 0.3 is 0 Å². The van der Waals surface area contributed by atoms with Crippen LogP contribution in [0, 0.1) is 10.1 Å². The van der Waals surface area contributed by atoms with E-state index in [2.05, 4.69) is 21.7 Å². The van der Waals surface area contributed by atoms with Crippen molar-refractivity contribution in [3.8, 4) is 11.4 Å². The van der Waals surface area contributed by atoms with Crippen molar-refractivity contribution in [1.82, 2.24) is 14.8 Å². The molecule has 0 radical (unpaired) electrons. The Balaban J connectivity index is 1.87. The molecular weight excluding hydrogens is 336 g/mol. The zero-order valence-electron chi connectivity index (χ0n) is 14.0. The lowest BCUT2D eigenvalue weighted by atomic mass is 10.1. The van der Waals surface area contributed by atoms with Crippen LogP contribution in [0.15, 0.2) is 59.8 Å². The zero-order valence-corrected chi connectivity index (χ0v) is 14.8. The highest BCUT2D eigenvalue weighted by Crippen LogP contribution is 2.36. The topological polar surface area (TPSA) is 73.8 Å². The van der Waals surface area contributed by atoms with Gasteiger partial charge in [-0.3, -0.25) is 10.1 Å². The lowest BCUT2D eigenvalue weighted by molar-refractivity contribution is -0.384. The van der Waals surface area contributed by atoms with Gasteiger partial charge < -0.3 is 4.57 Å². The van der Waals surface area contributed by atoms with Crippen LogP contribution in [0.4, 0.5) is 5.69 Å². The van der Waals surface area contributed by atoms with Crippen molar-refractivity contribution >= 4 is 17.4 Å². The molecule has 0 fully saturated rings. The van der Waals surface area contributed by atoms with E-state index in [1.807, 2.05) is 43.3 Å². The van der Waals surface area contributed by atoms with Crippen LogP contribution in [0.1, 0.15) is 24.7 Å². The zero-order chi connectivity index (χ0) is 17.8. The quantitative estimate of drug-likeness (QED) is 0.363. The van der Waals surface area contributed by atoms with Crippen molar-refractivity contribution in [2.45, 2.75) is 30.8 Å². The van der Waals surface area contributed by atoms with Crippen LogP contribution < -0.4 is 0 Å². The smallest absolute Gasteiger partial charge is 0.269 e. The Hall–Kier alpha value is -2.67. The summed E-state index contributed by atoms with van der Waals surface area (Å²) in [5.74, 6) is 0.830. The highest BCUT2D eigenvalue weighted by Gasteiger charge is 2.18. The van der Waals surface area contributed by atoms with E-state index in [1.54, 1.807) is 23.9 Å². The molecule has 0 spiro atoms. The third-order valence-electron chi connectivity index (χ3n) is 3.90. The number of rotatable bonds is 6. The van der Waals surface area contributed by atoms with E-state index in [0.717, 1.165) is 28.7 Å². The Labute approximate surface area is 150 Å². The van der Waals surface area contributed by atoms with Gasteiger partial charge in [-0.05, 0) is 19.4 Å². The molecule has 0 bridgehead atoms. The molecule has 0 amide bonds. The van der Waals surface area contributed by atoms with Gasteiger partial charge in [0, 0.05) is 29.5 Å². The van der Waals surface area contributed by atoms with Gasteiger partial charge in [-0.15, -0.1) is 10.2 Å². The summed E-state index contributed by atoms with van der Waals surface area (Å²) in [6, 6.07) is 16.7. The molecule has 1 aromatic heterocycles. The molecule has 0 saturated heterocycles. The minimum Gasteiger partial charge on any atom is -0.302 e. The van der Waals surface area contributed by atoms with Gasteiger partial charge in [0.2, 0.25) is 0 Å². The summed E-state index contributed by atoms with van der Waals surface area (Å²) in [6.45, 7) is 4.82. The third kappa shape index (κ3) is 3.71. The molecule has 7 heteroatoms. The fourth-order valence-corrected chi connectivity index (χ4v) is 3.61. The molecule has 128 valence electrons. The largest absolute Gasteiger partial charge is 0.302 e. The summed E-state index contributed by atoms with van der Waals surface area (Å²) in [7, 11) is 0. The number of nitrogens with zero attached hydrogens (tertiary/aromatic N) is 4. The van der Waals surface area contributed by atoms with Crippen LogP contribution in [-0.4, -0.2) is 19.7 Å². The number of aromatic nitrogens is 3. The first-order chi connectivity index (χ1) is 12.1. The highest BCUT2D eigenvalue weighted by molar-refractivity contribution is 7.99. The molecule has 3 rings (SSSR count). The first-order valence-electron chi connectivity index (χ1n) is 7.99. The summed E-state index contributed by atoms with van der Waals surface area (Å²) >= 11 is 1.55. The van der Waals surface area contributed by atoms with Crippen molar-refractivity contribution in [2.75, 3.05) is 0 Å². The van der Waals surface area contributed by atoms with Gasteiger partial charge in [-0.1, -0.05) is 54.2 Å². The van der Waals surface area contributed by atoms with Gasteiger partial charge in [-0.2, -0.15) is 0 Å². The molecule has 1 unspecified atom stereocenters. The second-order valence-corrected chi connectivity index (χ2v) is 6.84. The van der Waals surface area contributed by atoms with E-state index in [9.17, 15) is 10.1 Å². The van der Waals surface area contributed by atoms with Crippen molar-refractivity contribution in [2.24, 2.45) is 0 Å². The van der Waals surface area contributed by atoms with Crippen LogP contribution >= 0.6 is 11.8 Å². The number of non-ortho nitro benzene ring substituents is 1. The van der Waals surface area contributed by atoms with Gasteiger partial charge in [0.05, 0.1) is 4.92 Å². The van der Waals surface area contributed by atoms with E-state index >= 15 is 0 Å². The Kier molecular flexibility index (Phi) is 5.14. The number of nitro benzene ring substituents is 1. The highest BCUT2D eigenvalue weighted by atomic mass is 32.2. The molecule has 0 saturated carbocycles. The van der Waals surface area contributed by atoms with Crippen molar-refractivity contribution in [3.05, 3.63) is 70.3 Å². The molecule has 0 aliphatic heterocycles. The van der Waals surface area contributed by atoms with Crippen molar-refractivity contribution in [3.63, 3.8) is 0 Å². The number of hydrogen-bond acceptors (Lipinski definition) is 5. The van der Waals surface area contributed by atoms with Gasteiger partial charge in [0.15, 0.2) is 11.0 Å². The minimum atomic E-state index is -0.372. The number of benzene rings is 2. The Morgan fingerprint density at radius 3 is 2.60 bits per heavy atom. The minimum absolute atomic E-state index is 0.0259. The molecule has 1 atom stereocenters. The number of thioether (sulfide) groups is 1. The van der Waals surface area contributed by atoms with Crippen LogP contribution in [0.2, 0.25) is 0 Å². The second kappa shape index (κ2) is 7.48. The van der Waals surface area contributed by atoms with E-state index in [1.165, 1.54) is 6.07 Å². The molecule has 0 aliphatic rings. The molecule has 6 nitrogen and oxygen atoms in total. The van der Waals surface area contributed by atoms with Crippen LogP contribution in [0.25, 0.3) is 11.4 Å². The fourth-order valence-electron chi connectivity index (χ4n) is 2.58. The van der Waals surface area contributed by atoms with Crippen LogP contribution in [0.5, 0.6) is 0 Å². The van der Waals surface area contributed by atoms with Crippen molar-refractivity contribution < 1.29 is 4.92 Å². The average Bonchev–Trinajstić information content (AvgIpc) is 3.05. The normalized spacial score (nSPS) is 12.1. The molecule has 25 heavy (non-hydrogen) atoms. The molecule has 1 heterocycles. The summed E-state index contributed by atoms with van der Waals surface area (Å²) in [4.78, 5) is 10.6. The summed E-state index contributed by atoms with van der Waals surface area (Å²) in [6.07, 6.45) is 0. The van der Waals surface area contributed by atoms with Crippen molar-refractivity contribution in [1.29, 1.82) is 0 Å². The predicted octanol–water partition coefficient (Wildman–Crippen LogP) is 4.73. The molecule has 0 aliphatic carbocycles. The van der Waals surface area contributed by atoms with E-state index < -0.39 is 0 Å². The SMILES string of the molecule is CCn1c(SC(C)c2cccc([N+](=O)[O-])c2)nnc1-c1ccccc1. The molecule has 3 aromatic rings. The average molecular weight is 354 g/mol. The lowest BCUT2D eigenvalue weighted by Gasteiger charge is -2.12. The van der Waals surface area contributed by atoms with Crippen LogP contribution in [-0.2, 0) is 6.54 Å². The fraction of sp³-hybridized carbons (Fsp3) is 0.222. The lowest BCUT2D eigenvalue weighted by Crippen LogP contribution is -2.01. The number of hydrogen-bond donors (Lipinski definition) is 0. The van der Waals surface area contributed by atoms with E-state index in [-0.39, 0.29) is 15.9 Å². The Morgan fingerprint density at radius 2 is 1.92 bits per heavy atom. The molecule has 2 aromatic carbocycles. The Bertz CT molecular complexity index is 880. The maximum absolute atomic E-state index is 11.0. The third-order valence-corrected chi connectivity index (χ3v) is 5.04. The van der Waals surface area contributed by atoms with Crippen LogP contribution in [0.3, 0.4) is 0 Å². The molecule has 0 N–H and O–H groups in total. The Morgan fingerprint density at radius 1 is 1.16 bits per heavy atom. The first kappa shape index (κ1) is 17.2. The maximum Gasteiger partial charge on any atom is 0.269 e. The van der Waals surface area contributed by atoms with E-state index in [4.69, 9.17) is 0 Å². The second-order valence-electron chi connectivity index (χ2n) is 5.53. The summed E-state index contributed by atoms with van der Waals surface area (Å²) in [5.41, 5.74) is 2.02. The summed E-state index contributed by atoms with van der Waals surface area (Å²) in [5, 5.41) is 20.5. The monoisotopic (exact) mass is 354 g/mol.